The zero-order valence-corrected chi connectivity index (χ0v) is 13.4. The first-order valence-corrected chi connectivity index (χ1v) is 7.87. The minimum Gasteiger partial charge on any atom is -0.494 e. The Balaban J connectivity index is 1.86. The molecule has 0 amide bonds. The number of benzene rings is 2. The summed E-state index contributed by atoms with van der Waals surface area (Å²) in [7, 11) is 0. The Labute approximate surface area is 133 Å². The van der Waals surface area contributed by atoms with Crippen LogP contribution < -0.4 is 10.1 Å². The second kappa shape index (κ2) is 8.57. The molecule has 3 nitrogen and oxygen atoms in total. The molecule has 0 fully saturated rings. The molecule has 1 unspecified atom stereocenters. The third-order valence-corrected chi connectivity index (χ3v) is 3.71. The maximum absolute atomic E-state index is 9.21. The van der Waals surface area contributed by atoms with Crippen molar-refractivity contribution in [3.8, 4) is 5.75 Å². The van der Waals surface area contributed by atoms with Crippen molar-refractivity contribution >= 4 is 0 Å². The third-order valence-electron chi connectivity index (χ3n) is 3.71. The first-order valence-electron chi connectivity index (χ1n) is 7.87. The highest BCUT2D eigenvalue weighted by Crippen LogP contribution is 2.16. The predicted molar refractivity (Wildman–Crippen MR) is 90.1 cm³/mol. The fraction of sp³-hybridized carbons (Fsp3) is 0.368. The average Bonchev–Trinajstić information content (AvgIpc) is 2.55. The minimum absolute atomic E-state index is 0.0881. The van der Waals surface area contributed by atoms with E-state index in [1.54, 1.807) is 0 Å². The van der Waals surface area contributed by atoms with Gasteiger partial charge in [-0.1, -0.05) is 36.4 Å². The lowest BCUT2D eigenvalue weighted by molar-refractivity contribution is 0.281. The Morgan fingerprint density at radius 2 is 1.86 bits per heavy atom. The van der Waals surface area contributed by atoms with E-state index >= 15 is 0 Å². The first-order chi connectivity index (χ1) is 10.7. The van der Waals surface area contributed by atoms with Gasteiger partial charge >= 0.3 is 0 Å². The van der Waals surface area contributed by atoms with Gasteiger partial charge in [0.1, 0.15) is 5.75 Å². The van der Waals surface area contributed by atoms with Crippen LogP contribution in [0.15, 0.2) is 48.5 Å². The lowest BCUT2D eigenvalue weighted by Crippen LogP contribution is -2.21. The Bertz CT molecular complexity index is 583. The van der Waals surface area contributed by atoms with Gasteiger partial charge in [0.2, 0.25) is 0 Å². The van der Waals surface area contributed by atoms with Crippen LogP contribution in [0, 0.1) is 0 Å². The molecule has 0 saturated carbocycles. The molecule has 0 saturated heterocycles. The van der Waals surface area contributed by atoms with E-state index in [1.165, 1.54) is 11.1 Å². The van der Waals surface area contributed by atoms with Crippen LogP contribution in [0.1, 0.15) is 36.6 Å². The SMILES string of the molecule is CCOc1cccc(CCNC(C)c2cccc(CO)c2)c1. The van der Waals surface area contributed by atoms with Crippen LogP contribution in [0.4, 0.5) is 0 Å². The summed E-state index contributed by atoms with van der Waals surface area (Å²) >= 11 is 0. The summed E-state index contributed by atoms with van der Waals surface area (Å²) < 4.78 is 5.52. The van der Waals surface area contributed by atoms with Gasteiger partial charge in [-0.2, -0.15) is 0 Å². The van der Waals surface area contributed by atoms with Crippen molar-refractivity contribution in [2.24, 2.45) is 0 Å². The molecule has 0 bridgehead atoms. The quantitative estimate of drug-likeness (QED) is 0.784. The Morgan fingerprint density at radius 3 is 2.64 bits per heavy atom. The van der Waals surface area contributed by atoms with Crippen molar-refractivity contribution in [3.05, 3.63) is 65.2 Å². The predicted octanol–water partition coefficient (Wildman–Crippen LogP) is 3.47. The number of aliphatic hydroxyl groups excluding tert-OH is 1. The molecule has 3 heteroatoms. The van der Waals surface area contributed by atoms with Gasteiger partial charge in [-0.3, -0.25) is 0 Å². The molecule has 1 atom stereocenters. The van der Waals surface area contributed by atoms with Crippen LogP contribution in [0.25, 0.3) is 0 Å². The molecule has 0 radical (unpaired) electrons. The average molecular weight is 299 g/mol. The molecule has 2 aromatic carbocycles. The van der Waals surface area contributed by atoms with Crippen LogP contribution in [0.3, 0.4) is 0 Å². The highest BCUT2D eigenvalue weighted by atomic mass is 16.5. The van der Waals surface area contributed by atoms with Gasteiger partial charge in [-0.15, -0.1) is 0 Å². The lowest BCUT2D eigenvalue weighted by atomic mass is 10.0. The number of nitrogens with one attached hydrogen (secondary N) is 1. The molecule has 2 N–H and O–H groups in total. The molecule has 2 rings (SSSR count). The number of hydrogen-bond acceptors (Lipinski definition) is 3. The fourth-order valence-corrected chi connectivity index (χ4v) is 2.47. The maximum atomic E-state index is 9.21. The van der Waals surface area contributed by atoms with Crippen molar-refractivity contribution in [2.75, 3.05) is 13.2 Å². The van der Waals surface area contributed by atoms with Crippen molar-refractivity contribution < 1.29 is 9.84 Å². The summed E-state index contributed by atoms with van der Waals surface area (Å²) in [4.78, 5) is 0. The molecule has 0 aliphatic rings. The summed E-state index contributed by atoms with van der Waals surface area (Å²) in [5.41, 5.74) is 3.43. The summed E-state index contributed by atoms with van der Waals surface area (Å²) in [5, 5.41) is 12.7. The Morgan fingerprint density at radius 1 is 1.09 bits per heavy atom. The van der Waals surface area contributed by atoms with Gasteiger partial charge < -0.3 is 15.2 Å². The standard InChI is InChI=1S/C19H25NO2/c1-3-22-19-9-5-6-16(13-19)10-11-20-15(2)18-8-4-7-17(12-18)14-21/h4-9,12-13,15,20-21H,3,10-11,14H2,1-2H3. The molecule has 0 heterocycles. The van der Waals surface area contributed by atoms with Crippen molar-refractivity contribution in [1.82, 2.24) is 5.32 Å². The third kappa shape index (κ3) is 4.86. The molecule has 0 aliphatic heterocycles. The molecule has 118 valence electrons. The summed E-state index contributed by atoms with van der Waals surface area (Å²) in [5.74, 6) is 0.934. The van der Waals surface area contributed by atoms with Gasteiger partial charge in [0.15, 0.2) is 0 Å². The number of aliphatic hydroxyl groups is 1. The molecular formula is C19H25NO2. The highest BCUT2D eigenvalue weighted by Gasteiger charge is 2.05. The lowest BCUT2D eigenvalue weighted by Gasteiger charge is -2.15. The topological polar surface area (TPSA) is 41.5 Å². The van der Waals surface area contributed by atoms with Crippen LogP contribution in [-0.2, 0) is 13.0 Å². The smallest absolute Gasteiger partial charge is 0.119 e. The normalized spacial score (nSPS) is 12.1. The second-order valence-corrected chi connectivity index (χ2v) is 5.41. The molecule has 2 aromatic rings. The number of ether oxygens (including phenoxy) is 1. The Hall–Kier alpha value is -1.84. The van der Waals surface area contributed by atoms with E-state index in [0.717, 1.165) is 24.3 Å². The van der Waals surface area contributed by atoms with Gasteiger partial charge in [0.25, 0.3) is 0 Å². The van der Waals surface area contributed by atoms with Gasteiger partial charge in [0.05, 0.1) is 13.2 Å². The number of rotatable bonds is 8. The highest BCUT2D eigenvalue weighted by molar-refractivity contribution is 5.29. The van der Waals surface area contributed by atoms with Crippen LogP contribution in [0.5, 0.6) is 5.75 Å². The van der Waals surface area contributed by atoms with Crippen molar-refractivity contribution in [2.45, 2.75) is 32.9 Å². The van der Waals surface area contributed by atoms with Crippen LogP contribution >= 0.6 is 0 Å². The van der Waals surface area contributed by atoms with Crippen molar-refractivity contribution in [1.29, 1.82) is 0 Å². The summed E-state index contributed by atoms with van der Waals surface area (Å²) in [6.45, 7) is 5.83. The van der Waals surface area contributed by atoms with Gasteiger partial charge in [-0.25, -0.2) is 0 Å². The maximum Gasteiger partial charge on any atom is 0.119 e. The van der Waals surface area contributed by atoms with E-state index in [0.29, 0.717) is 6.61 Å². The molecule has 0 aromatic heterocycles. The Kier molecular flexibility index (Phi) is 6.44. The van der Waals surface area contributed by atoms with Crippen LogP contribution in [-0.4, -0.2) is 18.3 Å². The van der Waals surface area contributed by atoms with E-state index < -0.39 is 0 Å². The van der Waals surface area contributed by atoms with Crippen molar-refractivity contribution in [3.63, 3.8) is 0 Å². The zero-order valence-electron chi connectivity index (χ0n) is 13.4. The van der Waals surface area contributed by atoms with E-state index in [-0.39, 0.29) is 12.6 Å². The molecular weight excluding hydrogens is 274 g/mol. The van der Waals surface area contributed by atoms with E-state index in [9.17, 15) is 5.11 Å². The minimum atomic E-state index is 0.0881. The number of hydrogen-bond donors (Lipinski definition) is 2. The van der Waals surface area contributed by atoms with E-state index in [2.05, 4.69) is 30.4 Å². The first kappa shape index (κ1) is 16.5. The second-order valence-electron chi connectivity index (χ2n) is 5.41. The fourth-order valence-electron chi connectivity index (χ4n) is 2.47. The molecule has 22 heavy (non-hydrogen) atoms. The van der Waals surface area contributed by atoms with Gasteiger partial charge in [0, 0.05) is 6.04 Å². The zero-order chi connectivity index (χ0) is 15.8. The molecule has 0 aliphatic carbocycles. The van der Waals surface area contributed by atoms with E-state index in [4.69, 9.17) is 4.74 Å². The largest absolute Gasteiger partial charge is 0.494 e. The monoisotopic (exact) mass is 299 g/mol. The van der Waals surface area contributed by atoms with E-state index in [1.807, 2.05) is 37.3 Å². The summed E-state index contributed by atoms with van der Waals surface area (Å²) in [6, 6.07) is 16.6. The molecule has 0 spiro atoms. The van der Waals surface area contributed by atoms with Gasteiger partial charge in [-0.05, 0) is 55.6 Å². The van der Waals surface area contributed by atoms with Crippen LogP contribution in [0.2, 0.25) is 0 Å². The summed E-state index contributed by atoms with van der Waals surface area (Å²) in [6.07, 6.45) is 0.963.